The summed E-state index contributed by atoms with van der Waals surface area (Å²) in [4.78, 5) is 0. The lowest BCUT2D eigenvalue weighted by molar-refractivity contribution is 0.0689. The average Bonchev–Trinajstić information content (AvgIpc) is 2.06. The van der Waals surface area contributed by atoms with Crippen molar-refractivity contribution >= 4 is 13.3 Å². The van der Waals surface area contributed by atoms with Crippen molar-refractivity contribution in [2.24, 2.45) is 0 Å². The Morgan fingerprint density at radius 3 is 2.29 bits per heavy atom. The minimum atomic E-state index is -0.523. The van der Waals surface area contributed by atoms with Crippen molar-refractivity contribution in [3.05, 3.63) is 29.8 Å². The van der Waals surface area contributed by atoms with Crippen LogP contribution in [0.25, 0.3) is 0 Å². The molecule has 0 spiro atoms. The molecule has 0 radical (unpaired) electrons. The van der Waals surface area contributed by atoms with Crippen molar-refractivity contribution in [1.29, 1.82) is 0 Å². The monoisotopic (exact) mass is 190 g/mol. The Balaban J connectivity index is 2.35. The molecule has 14 heavy (non-hydrogen) atoms. The third-order valence-electron chi connectivity index (χ3n) is 2.37. The highest BCUT2D eigenvalue weighted by atomic mass is 16.3. The van der Waals surface area contributed by atoms with Crippen LogP contribution in [-0.2, 0) is 6.42 Å². The molecule has 76 valence electrons. The van der Waals surface area contributed by atoms with Crippen molar-refractivity contribution < 1.29 is 5.11 Å². The molecule has 0 unspecified atom stereocenters. The maximum Gasteiger partial charge on any atom is 0.139 e. The van der Waals surface area contributed by atoms with E-state index in [-0.39, 0.29) is 0 Å². The van der Waals surface area contributed by atoms with Crippen molar-refractivity contribution in [3.63, 3.8) is 0 Å². The van der Waals surface area contributed by atoms with Crippen LogP contribution in [0.5, 0.6) is 0 Å². The van der Waals surface area contributed by atoms with Gasteiger partial charge in [-0.15, -0.1) is 0 Å². The highest BCUT2D eigenvalue weighted by Gasteiger charge is 2.11. The van der Waals surface area contributed by atoms with E-state index in [1.807, 2.05) is 13.8 Å². The molecule has 0 amide bonds. The zero-order valence-electron chi connectivity index (χ0n) is 9.38. The van der Waals surface area contributed by atoms with Crippen LogP contribution in [-0.4, -0.2) is 18.6 Å². The lowest BCUT2D eigenvalue weighted by atomic mass is 9.93. The Hall–Kier alpha value is -0.755. The van der Waals surface area contributed by atoms with Crippen LogP contribution in [0.15, 0.2) is 24.3 Å². The normalized spacial score (nSPS) is 11.6. The van der Waals surface area contributed by atoms with Crippen LogP contribution in [0.4, 0.5) is 0 Å². The number of hydrogen-bond acceptors (Lipinski definition) is 1. The van der Waals surface area contributed by atoms with Gasteiger partial charge < -0.3 is 5.11 Å². The highest BCUT2D eigenvalue weighted by molar-refractivity contribution is 6.32. The van der Waals surface area contributed by atoms with Crippen molar-refractivity contribution in [3.8, 4) is 0 Å². The zero-order valence-corrected chi connectivity index (χ0v) is 9.38. The second-order valence-corrected chi connectivity index (χ2v) is 4.65. The quantitative estimate of drug-likeness (QED) is 0.703. The molecule has 0 fully saturated rings. The molecule has 0 aliphatic rings. The average molecular weight is 190 g/mol. The van der Waals surface area contributed by atoms with Gasteiger partial charge in [0.2, 0.25) is 0 Å². The Kier molecular flexibility index (Phi) is 3.76. The molecule has 2 heteroatoms. The molecule has 0 aliphatic carbocycles. The SMILES string of the molecule is Bc1ccc(CCCC(C)(C)O)cc1. The fourth-order valence-electron chi connectivity index (χ4n) is 1.48. The highest BCUT2D eigenvalue weighted by Crippen LogP contribution is 2.13. The molecule has 0 aliphatic heterocycles. The van der Waals surface area contributed by atoms with Gasteiger partial charge >= 0.3 is 0 Å². The van der Waals surface area contributed by atoms with Crippen LogP contribution in [0.3, 0.4) is 0 Å². The van der Waals surface area contributed by atoms with Gasteiger partial charge in [0.05, 0.1) is 5.60 Å². The summed E-state index contributed by atoms with van der Waals surface area (Å²) >= 11 is 0. The Labute approximate surface area is 87.6 Å². The van der Waals surface area contributed by atoms with Crippen LogP contribution in [0, 0.1) is 0 Å². The van der Waals surface area contributed by atoms with Crippen LogP contribution < -0.4 is 5.46 Å². The van der Waals surface area contributed by atoms with E-state index in [1.54, 1.807) is 0 Å². The first-order chi connectivity index (χ1) is 6.47. The van der Waals surface area contributed by atoms with E-state index < -0.39 is 5.60 Å². The fraction of sp³-hybridized carbons (Fsp3) is 0.500. The van der Waals surface area contributed by atoms with Crippen LogP contribution >= 0.6 is 0 Å². The topological polar surface area (TPSA) is 20.2 Å². The smallest absolute Gasteiger partial charge is 0.139 e. The number of aryl methyl sites for hydroxylation is 1. The molecule has 1 aromatic rings. The van der Waals surface area contributed by atoms with E-state index in [4.69, 9.17) is 0 Å². The predicted molar refractivity (Wildman–Crippen MR) is 63.9 cm³/mol. The second-order valence-electron chi connectivity index (χ2n) is 4.65. The van der Waals surface area contributed by atoms with Gasteiger partial charge in [0.1, 0.15) is 7.85 Å². The lowest BCUT2D eigenvalue weighted by Crippen LogP contribution is -2.18. The lowest BCUT2D eigenvalue weighted by Gasteiger charge is -2.16. The summed E-state index contributed by atoms with van der Waals surface area (Å²) in [5.74, 6) is 0. The van der Waals surface area contributed by atoms with Crippen LogP contribution in [0.1, 0.15) is 32.3 Å². The third kappa shape index (κ3) is 4.47. The molecule has 1 N–H and O–H groups in total. The van der Waals surface area contributed by atoms with Gasteiger partial charge in [0, 0.05) is 0 Å². The number of aliphatic hydroxyl groups is 1. The fourth-order valence-corrected chi connectivity index (χ4v) is 1.48. The van der Waals surface area contributed by atoms with E-state index in [2.05, 4.69) is 32.1 Å². The minimum absolute atomic E-state index is 0.523. The largest absolute Gasteiger partial charge is 0.390 e. The minimum Gasteiger partial charge on any atom is -0.390 e. The first-order valence-corrected chi connectivity index (χ1v) is 5.25. The van der Waals surface area contributed by atoms with Gasteiger partial charge in [-0.2, -0.15) is 0 Å². The van der Waals surface area contributed by atoms with E-state index in [9.17, 15) is 5.11 Å². The van der Waals surface area contributed by atoms with Crippen molar-refractivity contribution in [1.82, 2.24) is 0 Å². The molecule has 0 bridgehead atoms. The second kappa shape index (κ2) is 4.65. The van der Waals surface area contributed by atoms with E-state index in [0.29, 0.717) is 0 Å². The summed E-state index contributed by atoms with van der Waals surface area (Å²) in [5.41, 5.74) is 2.14. The zero-order chi connectivity index (χ0) is 10.6. The van der Waals surface area contributed by atoms with Crippen molar-refractivity contribution in [2.75, 3.05) is 0 Å². The first-order valence-electron chi connectivity index (χ1n) is 5.25. The Morgan fingerprint density at radius 1 is 1.21 bits per heavy atom. The van der Waals surface area contributed by atoms with Gasteiger partial charge in [0.25, 0.3) is 0 Å². The van der Waals surface area contributed by atoms with Gasteiger partial charge in [-0.3, -0.25) is 0 Å². The Bertz CT molecular complexity index is 271. The molecule has 1 nitrogen and oxygen atoms in total. The molecule has 0 saturated heterocycles. The molecule has 1 rings (SSSR count). The summed E-state index contributed by atoms with van der Waals surface area (Å²) in [6.07, 6.45) is 2.97. The van der Waals surface area contributed by atoms with Crippen LogP contribution in [0.2, 0.25) is 0 Å². The van der Waals surface area contributed by atoms with E-state index in [1.165, 1.54) is 11.0 Å². The van der Waals surface area contributed by atoms with Gasteiger partial charge in [0.15, 0.2) is 0 Å². The van der Waals surface area contributed by atoms with Crippen molar-refractivity contribution in [2.45, 2.75) is 38.7 Å². The molecule has 0 saturated carbocycles. The van der Waals surface area contributed by atoms with Gasteiger partial charge in [-0.05, 0) is 38.7 Å². The van der Waals surface area contributed by atoms with Gasteiger partial charge in [-0.1, -0.05) is 29.7 Å². The summed E-state index contributed by atoms with van der Waals surface area (Å²) in [6, 6.07) is 8.61. The first kappa shape index (κ1) is 11.3. The third-order valence-corrected chi connectivity index (χ3v) is 2.37. The summed E-state index contributed by atoms with van der Waals surface area (Å²) in [6.45, 7) is 3.73. The maximum absolute atomic E-state index is 9.54. The summed E-state index contributed by atoms with van der Waals surface area (Å²) in [7, 11) is 2.10. The maximum atomic E-state index is 9.54. The van der Waals surface area contributed by atoms with E-state index >= 15 is 0 Å². The number of hydrogen-bond donors (Lipinski definition) is 1. The molecule has 0 atom stereocenters. The molecule has 0 heterocycles. The molecular formula is C12H19BO. The summed E-state index contributed by atoms with van der Waals surface area (Å²) < 4.78 is 0. The number of benzene rings is 1. The summed E-state index contributed by atoms with van der Waals surface area (Å²) in [5, 5.41) is 9.54. The number of rotatable bonds is 4. The molecule has 1 aromatic carbocycles. The molecule has 0 aromatic heterocycles. The molecular weight excluding hydrogens is 171 g/mol. The predicted octanol–water partition coefficient (Wildman–Crippen LogP) is 1.04. The Morgan fingerprint density at radius 2 is 1.79 bits per heavy atom. The van der Waals surface area contributed by atoms with E-state index in [0.717, 1.165) is 19.3 Å². The van der Waals surface area contributed by atoms with Gasteiger partial charge in [-0.25, -0.2) is 0 Å². The standard InChI is InChI=1S/C12H19BO/c1-12(2,14)9-3-4-10-5-7-11(13)8-6-10/h5-8,14H,3-4,9,13H2,1-2H3.